The molecule has 3 aliphatic carbocycles. The van der Waals surface area contributed by atoms with Crippen molar-refractivity contribution in [3.05, 3.63) is 53.6 Å². The van der Waals surface area contributed by atoms with Crippen LogP contribution in [0.25, 0.3) is 22.3 Å². The Morgan fingerprint density at radius 3 is 2.42 bits per heavy atom. The number of amides is 1. The molecule has 2 unspecified atom stereocenters. The van der Waals surface area contributed by atoms with Crippen LogP contribution in [-0.4, -0.2) is 69.9 Å². The zero-order valence-corrected chi connectivity index (χ0v) is 22.1. The maximum Gasteiger partial charge on any atom is 0.235 e. The van der Waals surface area contributed by atoms with Crippen LogP contribution < -0.4 is 5.73 Å². The number of carbonyl (C=O) groups is 5. The molecule has 0 bridgehead atoms. The molecule has 10 heteroatoms. The molecule has 0 aliphatic heterocycles. The number of rotatable bonds is 3. The summed E-state index contributed by atoms with van der Waals surface area (Å²) >= 11 is 0. The summed E-state index contributed by atoms with van der Waals surface area (Å²) in [7, 11) is 3.10. The summed E-state index contributed by atoms with van der Waals surface area (Å²) in [6.45, 7) is 1.81. The maximum atomic E-state index is 14.0. The lowest BCUT2D eigenvalue weighted by atomic mass is 9.50. The van der Waals surface area contributed by atoms with Gasteiger partial charge in [-0.3, -0.25) is 28.9 Å². The Labute approximate surface area is 228 Å². The molecule has 6 rings (SSSR count). The van der Waals surface area contributed by atoms with Crippen LogP contribution in [0.3, 0.4) is 0 Å². The molecule has 2 saturated carbocycles. The van der Waals surface area contributed by atoms with E-state index in [0.29, 0.717) is 16.9 Å². The lowest BCUT2D eigenvalue weighted by Crippen LogP contribution is -2.74. The first-order valence-electron chi connectivity index (χ1n) is 13.1. The number of nitrogens with zero attached hydrogens (tertiary/aromatic N) is 1. The first-order valence-corrected chi connectivity index (χ1v) is 13.1. The van der Waals surface area contributed by atoms with Crippen molar-refractivity contribution < 1.29 is 38.6 Å². The van der Waals surface area contributed by atoms with Crippen LogP contribution in [0.2, 0.25) is 0 Å². The van der Waals surface area contributed by atoms with Crippen LogP contribution >= 0.6 is 0 Å². The average molecular weight is 545 g/mol. The lowest BCUT2D eigenvalue weighted by Gasteiger charge is -2.53. The SMILES string of the molecule is C[C@H]1c2ccc(-c3cc4ccccc4o3)c(O)c2C(=O)C2C(=O)[C@]3(O)C(=O)C(C(N)=O)C(=O)[C@@H](N(C)C)[C@@H]3C[C@@H]21. The predicted octanol–water partition coefficient (Wildman–Crippen LogP) is 1.84. The van der Waals surface area contributed by atoms with E-state index in [-0.39, 0.29) is 23.3 Å². The van der Waals surface area contributed by atoms with E-state index in [1.165, 1.54) is 4.90 Å². The number of phenols is 1. The van der Waals surface area contributed by atoms with Crippen molar-refractivity contribution >= 4 is 40.0 Å². The van der Waals surface area contributed by atoms with Crippen LogP contribution in [0.4, 0.5) is 0 Å². The van der Waals surface area contributed by atoms with Crippen molar-refractivity contribution in [2.24, 2.45) is 29.4 Å². The summed E-state index contributed by atoms with van der Waals surface area (Å²) in [5.74, 6) is -10.9. The molecule has 3 aromatic rings. The predicted molar refractivity (Wildman–Crippen MR) is 141 cm³/mol. The Hall–Kier alpha value is -4.15. The third-order valence-electron chi connectivity index (χ3n) is 9.15. The Morgan fingerprint density at radius 2 is 1.77 bits per heavy atom. The van der Waals surface area contributed by atoms with Crippen molar-refractivity contribution in [3.8, 4) is 17.1 Å². The van der Waals surface area contributed by atoms with E-state index in [1.54, 1.807) is 38.4 Å². The third-order valence-corrected chi connectivity index (χ3v) is 9.15. The molecule has 7 atom stereocenters. The molecule has 0 radical (unpaired) electrons. The van der Waals surface area contributed by atoms with Gasteiger partial charge in [0.05, 0.1) is 23.1 Å². The summed E-state index contributed by atoms with van der Waals surface area (Å²) in [4.78, 5) is 68.3. The van der Waals surface area contributed by atoms with Gasteiger partial charge in [0.1, 0.15) is 17.1 Å². The van der Waals surface area contributed by atoms with Gasteiger partial charge in [0.15, 0.2) is 34.7 Å². The molecule has 40 heavy (non-hydrogen) atoms. The quantitative estimate of drug-likeness (QED) is 0.417. The van der Waals surface area contributed by atoms with Crippen molar-refractivity contribution in [2.45, 2.75) is 30.9 Å². The molecule has 4 N–H and O–H groups in total. The third kappa shape index (κ3) is 3.26. The summed E-state index contributed by atoms with van der Waals surface area (Å²) in [5, 5.41) is 23.9. The van der Waals surface area contributed by atoms with Crippen LogP contribution in [0.5, 0.6) is 5.75 Å². The summed E-state index contributed by atoms with van der Waals surface area (Å²) in [6.07, 6.45) is -0.00283. The van der Waals surface area contributed by atoms with Crippen LogP contribution in [-0.2, 0) is 19.2 Å². The number of aromatic hydroxyl groups is 1. The van der Waals surface area contributed by atoms with Gasteiger partial charge in [-0.1, -0.05) is 31.2 Å². The second kappa shape index (κ2) is 8.67. The highest BCUT2D eigenvalue weighted by Gasteiger charge is 2.69. The number of primary amides is 1. The molecular weight excluding hydrogens is 516 g/mol. The first-order chi connectivity index (χ1) is 18.9. The standard InChI is InChI=1S/C30H28N2O8/c1-12-14-8-9-15(19-10-13-6-4-5-7-18(13)40-19)24(33)20(14)25(34)21-16(12)11-17-23(32(2)3)26(35)22(29(31)38)28(37)30(17,39)27(21)36/h4-10,12,16-17,21-23,33,39H,11H2,1-3H3,(H2,31,38)/t12-,16+,17-,21?,22?,23-,30-/m0/s1. The number of phenolic OH excluding ortho intramolecular Hbond substituents is 1. The van der Waals surface area contributed by atoms with Gasteiger partial charge in [0, 0.05) is 11.3 Å². The maximum absolute atomic E-state index is 14.0. The number of Topliss-reactive ketones (excluding diaryl/α,β-unsaturated/α-hetero) is 4. The minimum atomic E-state index is -2.76. The van der Waals surface area contributed by atoms with Gasteiger partial charge >= 0.3 is 0 Å². The average Bonchev–Trinajstić information content (AvgIpc) is 3.32. The van der Waals surface area contributed by atoms with Gasteiger partial charge in [-0.05, 0) is 56.1 Å². The number of carbonyl (C=O) groups excluding carboxylic acids is 5. The Morgan fingerprint density at radius 1 is 1.07 bits per heavy atom. The van der Waals surface area contributed by atoms with Crippen molar-refractivity contribution in [1.82, 2.24) is 4.90 Å². The number of benzene rings is 2. The van der Waals surface area contributed by atoms with Gasteiger partial charge in [0.2, 0.25) is 5.91 Å². The Kier molecular flexibility index (Phi) is 5.66. The number of hydrogen-bond donors (Lipinski definition) is 3. The molecule has 3 aliphatic rings. The number of para-hydroxylation sites is 1. The normalized spacial score (nSPS) is 31.7. The molecular formula is C30H28N2O8. The molecule has 1 heterocycles. The minimum Gasteiger partial charge on any atom is -0.506 e. The molecule has 10 nitrogen and oxygen atoms in total. The molecule has 0 spiro atoms. The fourth-order valence-corrected chi connectivity index (χ4v) is 7.23. The number of furan rings is 1. The first kappa shape index (κ1) is 26.1. The molecule has 2 fully saturated rings. The fraction of sp³-hybridized carbons (Fsp3) is 0.367. The number of ketones is 4. The van der Waals surface area contributed by atoms with Crippen molar-refractivity contribution in [2.75, 3.05) is 14.1 Å². The highest BCUT2D eigenvalue weighted by molar-refractivity contribution is 6.32. The molecule has 1 aromatic heterocycles. The molecule has 1 amide bonds. The van der Waals surface area contributed by atoms with Crippen LogP contribution in [0.1, 0.15) is 35.2 Å². The highest BCUT2D eigenvalue weighted by atomic mass is 16.3. The zero-order valence-electron chi connectivity index (χ0n) is 22.1. The minimum absolute atomic E-state index is 0.00283. The number of nitrogens with two attached hydrogens (primary N) is 1. The van der Waals surface area contributed by atoms with E-state index < -0.39 is 70.3 Å². The van der Waals surface area contributed by atoms with E-state index in [1.807, 2.05) is 25.1 Å². The van der Waals surface area contributed by atoms with E-state index in [9.17, 15) is 34.2 Å². The van der Waals surface area contributed by atoms with E-state index in [0.717, 1.165) is 5.39 Å². The van der Waals surface area contributed by atoms with Crippen molar-refractivity contribution in [3.63, 3.8) is 0 Å². The summed E-state index contributed by atoms with van der Waals surface area (Å²) in [6, 6.07) is 11.2. The van der Waals surface area contributed by atoms with Gasteiger partial charge in [0.25, 0.3) is 0 Å². The monoisotopic (exact) mass is 544 g/mol. The van der Waals surface area contributed by atoms with Crippen LogP contribution in [0, 0.1) is 23.7 Å². The number of hydrogen-bond acceptors (Lipinski definition) is 9. The largest absolute Gasteiger partial charge is 0.506 e. The van der Waals surface area contributed by atoms with E-state index in [2.05, 4.69) is 0 Å². The fourth-order valence-electron chi connectivity index (χ4n) is 7.23. The molecule has 206 valence electrons. The van der Waals surface area contributed by atoms with Crippen molar-refractivity contribution in [1.29, 1.82) is 0 Å². The van der Waals surface area contributed by atoms with Gasteiger partial charge in [-0.15, -0.1) is 0 Å². The smallest absolute Gasteiger partial charge is 0.235 e. The zero-order chi connectivity index (χ0) is 28.8. The Bertz CT molecular complexity index is 1620. The van der Waals surface area contributed by atoms with E-state index in [4.69, 9.17) is 10.2 Å². The topological polar surface area (TPSA) is 168 Å². The highest BCUT2D eigenvalue weighted by Crippen LogP contribution is 2.55. The van der Waals surface area contributed by atoms with E-state index >= 15 is 0 Å². The Balaban J connectivity index is 1.49. The summed E-state index contributed by atoms with van der Waals surface area (Å²) in [5.41, 5.74) is 3.91. The van der Waals surface area contributed by atoms with Gasteiger partial charge in [-0.2, -0.15) is 0 Å². The number of aliphatic hydroxyl groups is 1. The number of fused-ring (bicyclic) bond motifs is 4. The van der Waals surface area contributed by atoms with Crippen LogP contribution in [0.15, 0.2) is 46.9 Å². The molecule has 0 saturated heterocycles. The second-order valence-electron chi connectivity index (χ2n) is 11.4. The van der Waals surface area contributed by atoms with Gasteiger partial charge in [-0.25, -0.2) is 0 Å². The van der Waals surface area contributed by atoms with Gasteiger partial charge < -0.3 is 20.4 Å². The summed E-state index contributed by atoms with van der Waals surface area (Å²) < 4.78 is 5.89. The lowest BCUT2D eigenvalue weighted by molar-refractivity contribution is -0.181. The number of likely N-dealkylation sites (N-methyl/N-ethyl adjacent to an activating group) is 1. The molecule has 2 aromatic carbocycles. The second-order valence-corrected chi connectivity index (χ2v) is 11.4.